The van der Waals surface area contributed by atoms with Crippen LogP contribution in [-0.2, 0) is 6.42 Å². The van der Waals surface area contributed by atoms with Crippen LogP contribution in [0.1, 0.15) is 12.5 Å². The number of furan rings is 2. The maximum absolute atomic E-state index is 9.59. The number of halogens is 1. The monoisotopic (exact) mass is 294 g/mol. The van der Waals surface area contributed by atoms with E-state index in [1.165, 1.54) is 0 Å². The molecule has 0 saturated heterocycles. The lowest BCUT2D eigenvalue weighted by molar-refractivity contribution is 0.196. The van der Waals surface area contributed by atoms with Crippen LogP contribution in [0.2, 0.25) is 0 Å². The number of aliphatic hydroxyl groups excluding tert-OH is 1. The van der Waals surface area contributed by atoms with Gasteiger partial charge in [0.25, 0.3) is 0 Å². The average Bonchev–Trinajstić information content (AvgIpc) is 2.92. The van der Waals surface area contributed by atoms with E-state index in [0.29, 0.717) is 6.42 Å². The molecule has 1 aromatic carbocycles. The predicted molar refractivity (Wildman–Crippen MR) is 69.1 cm³/mol. The zero-order valence-electron chi connectivity index (χ0n) is 9.24. The minimum Gasteiger partial charge on any atom is -0.464 e. The summed E-state index contributed by atoms with van der Waals surface area (Å²) in [4.78, 5) is 0. The lowest BCUT2D eigenvalue weighted by Crippen LogP contribution is -2.04. The third kappa shape index (κ3) is 1.59. The quantitative estimate of drug-likeness (QED) is 0.780. The van der Waals surface area contributed by atoms with Gasteiger partial charge in [-0.25, -0.2) is 0 Å². The number of rotatable bonds is 2. The molecule has 0 aliphatic carbocycles. The normalized spacial score (nSPS) is 13.6. The molecular formula is C13H11BrO3. The van der Waals surface area contributed by atoms with Gasteiger partial charge in [-0.05, 0) is 35.0 Å². The molecule has 3 nitrogen and oxygen atoms in total. The Labute approximate surface area is 106 Å². The molecule has 0 saturated carbocycles. The Kier molecular flexibility index (Phi) is 2.49. The minimum absolute atomic E-state index is 0.414. The van der Waals surface area contributed by atoms with Crippen LogP contribution in [0.25, 0.3) is 21.9 Å². The van der Waals surface area contributed by atoms with Crippen molar-refractivity contribution in [1.82, 2.24) is 0 Å². The van der Waals surface area contributed by atoms with E-state index in [0.717, 1.165) is 32.0 Å². The van der Waals surface area contributed by atoms with Crippen LogP contribution >= 0.6 is 15.9 Å². The molecule has 4 heteroatoms. The standard InChI is InChI=1S/C13H11BrO3/c1-7(15)6-10-8-2-4-17-13(8)11(14)9-3-5-16-12(9)10/h2-5,7,15H,6H2,1H3. The van der Waals surface area contributed by atoms with Gasteiger partial charge >= 0.3 is 0 Å². The first-order valence-corrected chi connectivity index (χ1v) is 6.20. The molecule has 1 N–H and O–H groups in total. The van der Waals surface area contributed by atoms with Gasteiger partial charge in [-0.2, -0.15) is 0 Å². The Morgan fingerprint density at radius 2 is 1.82 bits per heavy atom. The van der Waals surface area contributed by atoms with E-state index in [4.69, 9.17) is 8.83 Å². The van der Waals surface area contributed by atoms with Crippen LogP contribution in [0.3, 0.4) is 0 Å². The average molecular weight is 295 g/mol. The van der Waals surface area contributed by atoms with Crippen LogP contribution in [0, 0.1) is 0 Å². The smallest absolute Gasteiger partial charge is 0.149 e. The van der Waals surface area contributed by atoms with Gasteiger partial charge in [-0.3, -0.25) is 0 Å². The van der Waals surface area contributed by atoms with E-state index in [2.05, 4.69) is 15.9 Å². The van der Waals surface area contributed by atoms with Gasteiger partial charge in [0.1, 0.15) is 11.2 Å². The molecule has 0 aliphatic rings. The van der Waals surface area contributed by atoms with Crippen molar-refractivity contribution in [1.29, 1.82) is 0 Å². The summed E-state index contributed by atoms with van der Waals surface area (Å²) in [6.45, 7) is 1.77. The Morgan fingerprint density at radius 1 is 1.18 bits per heavy atom. The van der Waals surface area contributed by atoms with E-state index >= 15 is 0 Å². The SMILES string of the molecule is CC(O)Cc1c2ccoc2c(Br)c2ccoc12. The van der Waals surface area contributed by atoms with Crippen LogP contribution in [0.15, 0.2) is 38.0 Å². The highest BCUT2D eigenvalue weighted by molar-refractivity contribution is 9.10. The molecule has 0 radical (unpaired) electrons. The fourth-order valence-corrected chi connectivity index (χ4v) is 2.79. The van der Waals surface area contributed by atoms with E-state index < -0.39 is 6.10 Å². The maximum Gasteiger partial charge on any atom is 0.149 e. The summed E-state index contributed by atoms with van der Waals surface area (Å²) in [6.07, 6.45) is 3.44. The number of fused-ring (bicyclic) bond motifs is 2. The van der Waals surface area contributed by atoms with Crippen molar-refractivity contribution in [3.8, 4) is 0 Å². The number of hydrogen-bond acceptors (Lipinski definition) is 3. The first-order chi connectivity index (χ1) is 8.18. The highest BCUT2D eigenvalue weighted by Gasteiger charge is 2.18. The Bertz CT molecular complexity index is 627. The molecule has 17 heavy (non-hydrogen) atoms. The molecule has 3 rings (SSSR count). The van der Waals surface area contributed by atoms with Crippen molar-refractivity contribution >= 4 is 37.9 Å². The Morgan fingerprint density at radius 3 is 2.53 bits per heavy atom. The van der Waals surface area contributed by atoms with Gasteiger partial charge in [-0.15, -0.1) is 0 Å². The van der Waals surface area contributed by atoms with Crippen molar-refractivity contribution in [2.24, 2.45) is 0 Å². The highest BCUT2D eigenvalue weighted by atomic mass is 79.9. The fourth-order valence-electron chi connectivity index (χ4n) is 2.18. The van der Waals surface area contributed by atoms with E-state index in [1.54, 1.807) is 19.5 Å². The van der Waals surface area contributed by atoms with Crippen molar-refractivity contribution in [2.75, 3.05) is 0 Å². The van der Waals surface area contributed by atoms with E-state index in [9.17, 15) is 5.11 Å². The third-order valence-electron chi connectivity index (χ3n) is 2.87. The molecule has 88 valence electrons. The summed E-state index contributed by atoms with van der Waals surface area (Å²) >= 11 is 3.52. The summed E-state index contributed by atoms with van der Waals surface area (Å²) in [5, 5.41) is 11.5. The second kappa shape index (κ2) is 3.89. The molecule has 1 atom stereocenters. The van der Waals surface area contributed by atoms with Crippen molar-refractivity contribution in [2.45, 2.75) is 19.4 Å². The fraction of sp³-hybridized carbons (Fsp3) is 0.231. The zero-order chi connectivity index (χ0) is 12.0. The molecule has 2 heterocycles. The molecule has 2 aromatic heterocycles. The van der Waals surface area contributed by atoms with Gasteiger partial charge in [0.15, 0.2) is 0 Å². The lowest BCUT2D eigenvalue weighted by Gasteiger charge is -2.08. The molecular weight excluding hydrogens is 284 g/mol. The second-order valence-corrected chi connectivity index (χ2v) is 4.97. The van der Waals surface area contributed by atoms with Gasteiger partial charge < -0.3 is 13.9 Å². The molecule has 1 unspecified atom stereocenters. The number of benzene rings is 1. The summed E-state index contributed by atoms with van der Waals surface area (Å²) in [5.74, 6) is 0. The Balaban J connectivity index is 2.43. The minimum atomic E-state index is -0.414. The molecule has 0 bridgehead atoms. The van der Waals surface area contributed by atoms with E-state index in [1.807, 2.05) is 12.1 Å². The number of aliphatic hydroxyl groups is 1. The molecule has 0 fully saturated rings. The van der Waals surface area contributed by atoms with Crippen LogP contribution < -0.4 is 0 Å². The summed E-state index contributed by atoms with van der Waals surface area (Å²) in [7, 11) is 0. The zero-order valence-corrected chi connectivity index (χ0v) is 10.8. The van der Waals surface area contributed by atoms with Crippen molar-refractivity contribution in [3.63, 3.8) is 0 Å². The van der Waals surface area contributed by atoms with Gasteiger partial charge in [-0.1, -0.05) is 0 Å². The molecule has 0 spiro atoms. The summed E-state index contributed by atoms with van der Waals surface area (Å²) < 4.78 is 11.9. The van der Waals surface area contributed by atoms with Gasteiger partial charge in [0, 0.05) is 22.8 Å². The predicted octanol–water partition coefficient (Wildman–Crippen LogP) is 3.86. The first-order valence-electron chi connectivity index (χ1n) is 5.41. The van der Waals surface area contributed by atoms with Crippen molar-refractivity contribution < 1.29 is 13.9 Å². The summed E-state index contributed by atoms with van der Waals surface area (Å²) in [6, 6.07) is 3.80. The van der Waals surface area contributed by atoms with Crippen molar-refractivity contribution in [3.05, 3.63) is 34.7 Å². The van der Waals surface area contributed by atoms with Gasteiger partial charge in [0.2, 0.25) is 0 Å². The van der Waals surface area contributed by atoms with Crippen LogP contribution in [0.5, 0.6) is 0 Å². The van der Waals surface area contributed by atoms with Gasteiger partial charge in [0.05, 0.1) is 23.1 Å². The van der Waals surface area contributed by atoms with Crippen LogP contribution in [0.4, 0.5) is 0 Å². The Hall–Kier alpha value is -1.26. The molecule has 0 aliphatic heterocycles. The molecule has 0 amide bonds. The van der Waals surface area contributed by atoms with Crippen LogP contribution in [-0.4, -0.2) is 11.2 Å². The third-order valence-corrected chi connectivity index (χ3v) is 3.65. The van der Waals surface area contributed by atoms with E-state index in [-0.39, 0.29) is 0 Å². The summed E-state index contributed by atoms with van der Waals surface area (Å²) in [5.41, 5.74) is 2.60. The molecule has 3 aromatic rings. The second-order valence-electron chi connectivity index (χ2n) is 4.17. The lowest BCUT2D eigenvalue weighted by atomic mass is 10.0. The first kappa shape index (κ1) is 10.9. The topological polar surface area (TPSA) is 46.5 Å². The maximum atomic E-state index is 9.59. The number of hydrogen-bond donors (Lipinski definition) is 1. The highest BCUT2D eigenvalue weighted by Crippen LogP contribution is 2.38. The largest absolute Gasteiger partial charge is 0.464 e.